The van der Waals surface area contributed by atoms with Gasteiger partial charge in [-0.25, -0.2) is 8.42 Å². The first-order valence-corrected chi connectivity index (χ1v) is 9.54. The number of anilines is 1. The Morgan fingerprint density at radius 1 is 1.16 bits per heavy atom. The minimum Gasteiger partial charge on any atom is -0.495 e. The number of methoxy groups -OCH3 is 1. The molecule has 0 aliphatic carbocycles. The molecule has 0 radical (unpaired) electrons. The molecule has 5 nitrogen and oxygen atoms in total. The molecule has 1 heterocycles. The topological polar surface area (TPSA) is 67.4 Å². The van der Waals surface area contributed by atoms with E-state index in [9.17, 15) is 8.42 Å². The van der Waals surface area contributed by atoms with Crippen LogP contribution in [0.25, 0.3) is 0 Å². The largest absolute Gasteiger partial charge is 0.495 e. The van der Waals surface area contributed by atoms with Crippen LogP contribution < -0.4 is 14.8 Å². The summed E-state index contributed by atoms with van der Waals surface area (Å²) < 4.78 is 33.5. The number of hydrogen-bond donors (Lipinski definition) is 2. The first-order valence-electron chi connectivity index (χ1n) is 8.05. The fourth-order valence-electron chi connectivity index (χ4n) is 2.91. The van der Waals surface area contributed by atoms with Gasteiger partial charge in [0.2, 0.25) is 0 Å². The first-order chi connectivity index (χ1) is 11.5. The molecule has 0 unspecified atom stereocenters. The van der Waals surface area contributed by atoms with E-state index in [0.717, 1.165) is 37.1 Å². The zero-order valence-electron chi connectivity index (χ0n) is 14.3. The molecule has 136 valence electrons. The molecule has 7 heteroatoms. The Labute approximate surface area is 155 Å². The highest BCUT2D eigenvalue weighted by Gasteiger charge is 2.21. The van der Waals surface area contributed by atoms with Crippen molar-refractivity contribution in [3.05, 3.63) is 53.1 Å². The lowest BCUT2D eigenvalue weighted by atomic mass is 10.0. The summed E-state index contributed by atoms with van der Waals surface area (Å²) in [5.41, 5.74) is 3.92. The van der Waals surface area contributed by atoms with Gasteiger partial charge < -0.3 is 10.1 Å². The maximum atomic E-state index is 12.8. The predicted molar refractivity (Wildman–Crippen MR) is 102 cm³/mol. The molecule has 1 aliphatic heterocycles. The van der Waals surface area contributed by atoms with Crippen molar-refractivity contribution in [2.24, 2.45) is 0 Å². The maximum absolute atomic E-state index is 12.8. The van der Waals surface area contributed by atoms with Crippen LogP contribution in [-0.2, 0) is 29.4 Å². The minimum absolute atomic E-state index is 0. The van der Waals surface area contributed by atoms with Crippen molar-refractivity contribution in [3.8, 4) is 5.75 Å². The summed E-state index contributed by atoms with van der Waals surface area (Å²) in [5.74, 6) is 0.347. The predicted octanol–water partition coefficient (Wildman–Crippen LogP) is 3.13. The number of ether oxygens (including phenoxy) is 1. The molecule has 0 amide bonds. The number of aryl methyl sites for hydroxylation is 1. The molecule has 2 N–H and O–H groups in total. The molecule has 25 heavy (non-hydrogen) atoms. The molecule has 0 bridgehead atoms. The molecule has 0 atom stereocenters. The SMILES string of the molecule is CCc1ccc(OC)c(S(=O)(=O)Nc2ccc3c(c2)CNCC3)c1.Cl. The van der Waals surface area contributed by atoms with Gasteiger partial charge in [-0.2, -0.15) is 0 Å². The Bertz CT molecular complexity index is 853. The zero-order chi connectivity index (χ0) is 17.2. The lowest BCUT2D eigenvalue weighted by molar-refractivity contribution is 0.402. The highest BCUT2D eigenvalue weighted by atomic mass is 35.5. The van der Waals surface area contributed by atoms with Crippen LogP contribution in [0.1, 0.15) is 23.6 Å². The summed E-state index contributed by atoms with van der Waals surface area (Å²) in [7, 11) is -2.23. The number of hydrogen-bond acceptors (Lipinski definition) is 4. The van der Waals surface area contributed by atoms with E-state index in [1.165, 1.54) is 12.7 Å². The first kappa shape index (κ1) is 19.6. The van der Waals surface area contributed by atoms with Crippen molar-refractivity contribution in [2.45, 2.75) is 31.2 Å². The van der Waals surface area contributed by atoms with Crippen LogP contribution >= 0.6 is 12.4 Å². The van der Waals surface area contributed by atoms with Crippen LogP contribution in [0.4, 0.5) is 5.69 Å². The highest BCUT2D eigenvalue weighted by Crippen LogP contribution is 2.28. The van der Waals surface area contributed by atoms with E-state index in [2.05, 4.69) is 10.0 Å². The van der Waals surface area contributed by atoms with Gasteiger partial charge in [-0.3, -0.25) is 4.72 Å². The van der Waals surface area contributed by atoms with E-state index in [4.69, 9.17) is 4.74 Å². The lowest BCUT2D eigenvalue weighted by Crippen LogP contribution is -2.24. The van der Waals surface area contributed by atoms with Crippen molar-refractivity contribution in [2.75, 3.05) is 18.4 Å². The average Bonchev–Trinajstić information content (AvgIpc) is 2.60. The maximum Gasteiger partial charge on any atom is 0.265 e. The van der Waals surface area contributed by atoms with Crippen molar-refractivity contribution < 1.29 is 13.2 Å². The average molecular weight is 383 g/mol. The van der Waals surface area contributed by atoms with Crippen LogP contribution in [0.2, 0.25) is 0 Å². The van der Waals surface area contributed by atoms with E-state index in [1.807, 2.05) is 31.2 Å². The van der Waals surface area contributed by atoms with Crippen molar-refractivity contribution >= 4 is 28.1 Å². The second kappa shape index (κ2) is 8.08. The smallest absolute Gasteiger partial charge is 0.265 e. The van der Waals surface area contributed by atoms with E-state index in [0.29, 0.717) is 11.4 Å². The van der Waals surface area contributed by atoms with Gasteiger partial charge in [-0.15, -0.1) is 12.4 Å². The lowest BCUT2D eigenvalue weighted by Gasteiger charge is -2.19. The van der Waals surface area contributed by atoms with E-state index in [-0.39, 0.29) is 17.3 Å². The normalized spacial score (nSPS) is 13.5. The standard InChI is InChI=1S/C18H22N2O3S.ClH/c1-3-13-4-7-17(23-2)18(10-13)24(21,22)20-16-6-5-14-8-9-19-12-15(14)11-16;/h4-7,10-11,19-20H,3,8-9,12H2,1-2H3;1H. The summed E-state index contributed by atoms with van der Waals surface area (Å²) in [6.07, 6.45) is 1.73. The van der Waals surface area contributed by atoms with Gasteiger partial charge in [0, 0.05) is 12.2 Å². The van der Waals surface area contributed by atoms with Crippen molar-refractivity contribution in [1.29, 1.82) is 0 Å². The third-order valence-corrected chi connectivity index (χ3v) is 5.67. The molecule has 2 aromatic rings. The molecule has 3 rings (SSSR count). The van der Waals surface area contributed by atoms with Crippen molar-refractivity contribution in [3.63, 3.8) is 0 Å². The number of sulfonamides is 1. The molecular weight excluding hydrogens is 360 g/mol. The molecule has 0 fully saturated rings. The highest BCUT2D eigenvalue weighted by molar-refractivity contribution is 7.92. The molecule has 0 saturated heterocycles. The second-order valence-electron chi connectivity index (χ2n) is 5.85. The Morgan fingerprint density at radius 2 is 1.96 bits per heavy atom. The Balaban J connectivity index is 0.00000225. The summed E-state index contributed by atoms with van der Waals surface area (Å²) in [6, 6.07) is 11.0. The fourth-order valence-corrected chi connectivity index (χ4v) is 4.18. The van der Waals surface area contributed by atoms with Crippen LogP contribution in [0.5, 0.6) is 5.75 Å². The van der Waals surface area contributed by atoms with Crippen LogP contribution in [0, 0.1) is 0 Å². The minimum atomic E-state index is -3.71. The summed E-state index contributed by atoms with van der Waals surface area (Å²) in [6.45, 7) is 3.71. The van der Waals surface area contributed by atoms with Gasteiger partial charge in [-0.1, -0.05) is 19.1 Å². The van der Waals surface area contributed by atoms with Gasteiger partial charge in [0.15, 0.2) is 0 Å². The van der Waals surface area contributed by atoms with Crippen LogP contribution in [-0.4, -0.2) is 22.1 Å². The quantitative estimate of drug-likeness (QED) is 0.833. The fraction of sp³-hybridized carbons (Fsp3) is 0.333. The molecule has 0 spiro atoms. The van der Waals surface area contributed by atoms with Gasteiger partial charge >= 0.3 is 0 Å². The van der Waals surface area contributed by atoms with Crippen molar-refractivity contribution in [1.82, 2.24) is 5.32 Å². The van der Waals surface area contributed by atoms with Crippen LogP contribution in [0.15, 0.2) is 41.3 Å². The molecule has 1 aliphatic rings. The zero-order valence-corrected chi connectivity index (χ0v) is 16.0. The number of fused-ring (bicyclic) bond motifs is 1. The van der Waals surface area contributed by atoms with Gasteiger partial charge in [0.1, 0.15) is 10.6 Å². The Kier molecular flexibility index (Phi) is 6.32. The Hall–Kier alpha value is -1.76. The monoisotopic (exact) mass is 382 g/mol. The van der Waals surface area contributed by atoms with Gasteiger partial charge in [0.25, 0.3) is 10.0 Å². The molecule has 0 aromatic heterocycles. The third kappa shape index (κ3) is 4.26. The summed E-state index contributed by atoms with van der Waals surface area (Å²) in [4.78, 5) is 0.167. The number of benzene rings is 2. The molecule has 2 aromatic carbocycles. The van der Waals surface area contributed by atoms with Gasteiger partial charge in [0.05, 0.1) is 7.11 Å². The van der Waals surface area contributed by atoms with Crippen LogP contribution in [0.3, 0.4) is 0 Å². The number of rotatable bonds is 5. The summed E-state index contributed by atoms with van der Waals surface area (Å²) >= 11 is 0. The molecular formula is C18H23ClN2O3S. The summed E-state index contributed by atoms with van der Waals surface area (Å²) in [5, 5.41) is 3.30. The van der Waals surface area contributed by atoms with Gasteiger partial charge in [-0.05, 0) is 60.3 Å². The number of halogens is 1. The van der Waals surface area contributed by atoms with E-state index in [1.54, 1.807) is 12.1 Å². The second-order valence-corrected chi connectivity index (χ2v) is 7.51. The molecule has 0 saturated carbocycles. The number of nitrogens with one attached hydrogen (secondary N) is 2. The Morgan fingerprint density at radius 3 is 2.68 bits per heavy atom. The van der Waals surface area contributed by atoms with E-state index >= 15 is 0 Å². The third-order valence-electron chi connectivity index (χ3n) is 4.27. The van der Waals surface area contributed by atoms with E-state index < -0.39 is 10.0 Å².